The normalized spacial score (nSPS) is 10.4. The number of fused-ring (bicyclic) bond motifs is 1. The van der Waals surface area contributed by atoms with Crippen LogP contribution in [0.25, 0.3) is 10.9 Å². The Hall–Kier alpha value is -2.17. The van der Waals surface area contributed by atoms with E-state index in [-0.39, 0.29) is 12.4 Å². The first kappa shape index (κ1) is 11.3. The third kappa shape index (κ3) is 2.50. The fraction of sp³-hybridized carbons (Fsp3) is 0.250. The van der Waals surface area contributed by atoms with Crippen molar-refractivity contribution in [2.24, 2.45) is 0 Å². The third-order valence-electron chi connectivity index (χ3n) is 2.29. The van der Waals surface area contributed by atoms with Gasteiger partial charge in [0.2, 0.25) is 0 Å². The Bertz CT molecular complexity index is 554. The van der Waals surface area contributed by atoms with Gasteiger partial charge in [0.1, 0.15) is 18.1 Å². The lowest BCUT2D eigenvalue weighted by Gasteiger charge is -2.04. The number of hydrogen-bond acceptors (Lipinski definition) is 5. The maximum atomic E-state index is 11.3. The summed E-state index contributed by atoms with van der Waals surface area (Å²) in [4.78, 5) is 19.7. The van der Waals surface area contributed by atoms with E-state index in [1.54, 1.807) is 6.92 Å². The standard InChI is InChI=1S/C12H13N3O2/c1-2-17-11(16)7-10-14-9-6-4-3-5-8(9)12(13)15-10/h3-6H,2,7H2,1H3,(H2,13,14,15). The number of nitrogens with zero attached hydrogens (tertiary/aromatic N) is 2. The molecule has 0 aliphatic carbocycles. The molecule has 0 fully saturated rings. The predicted molar refractivity (Wildman–Crippen MR) is 64.3 cm³/mol. The average molecular weight is 231 g/mol. The maximum Gasteiger partial charge on any atom is 0.313 e. The summed E-state index contributed by atoms with van der Waals surface area (Å²) >= 11 is 0. The Balaban J connectivity index is 2.33. The highest BCUT2D eigenvalue weighted by Crippen LogP contribution is 2.17. The molecule has 0 radical (unpaired) electrons. The van der Waals surface area contributed by atoms with Crippen LogP contribution in [-0.4, -0.2) is 22.5 Å². The van der Waals surface area contributed by atoms with Gasteiger partial charge in [-0.15, -0.1) is 0 Å². The molecule has 0 atom stereocenters. The quantitative estimate of drug-likeness (QED) is 0.806. The van der Waals surface area contributed by atoms with Crippen LogP contribution in [0.5, 0.6) is 0 Å². The van der Waals surface area contributed by atoms with Crippen molar-refractivity contribution in [3.63, 3.8) is 0 Å². The van der Waals surface area contributed by atoms with Crippen LogP contribution < -0.4 is 5.73 Å². The number of esters is 1. The number of para-hydroxylation sites is 1. The van der Waals surface area contributed by atoms with Gasteiger partial charge in [0.05, 0.1) is 12.1 Å². The number of nitrogen functional groups attached to an aromatic ring is 1. The highest BCUT2D eigenvalue weighted by molar-refractivity contribution is 5.88. The number of anilines is 1. The molecule has 0 unspecified atom stereocenters. The number of aromatic nitrogens is 2. The highest BCUT2D eigenvalue weighted by Gasteiger charge is 2.09. The molecule has 0 amide bonds. The van der Waals surface area contributed by atoms with E-state index in [9.17, 15) is 4.79 Å². The van der Waals surface area contributed by atoms with Gasteiger partial charge in [-0.2, -0.15) is 0 Å². The van der Waals surface area contributed by atoms with Gasteiger partial charge in [-0.25, -0.2) is 9.97 Å². The molecule has 2 N–H and O–H groups in total. The van der Waals surface area contributed by atoms with Crippen molar-refractivity contribution < 1.29 is 9.53 Å². The van der Waals surface area contributed by atoms with Crippen LogP contribution in [0.3, 0.4) is 0 Å². The van der Waals surface area contributed by atoms with E-state index in [2.05, 4.69) is 9.97 Å². The molecule has 0 saturated carbocycles. The second kappa shape index (κ2) is 4.78. The zero-order chi connectivity index (χ0) is 12.3. The Kier molecular flexibility index (Phi) is 3.18. The van der Waals surface area contributed by atoms with Crippen molar-refractivity contribution in [3.8, 4) is 0 Å². The van der Waals surface area contributed by atoms with Crippen molar-refractivity contribution in [3.05, 3.63) is 30.1 Å². The summed E-state index contributed by atoms with van der Waals surface area (Å²) in [7, 11) is 0. The topological polar surface area (TPSA) is 78.1 Å². The van der Waals surface area contributed by atoms with Crippen molar-refractivity contribution in [2.75, 3.05) is 12.3 Å². The Morgan fingerprint density at radius 1 is 1.35 bits per heavy atom. The Morgan fingerprint density at radius 3 is 2.88 bits per heavy atom. The molecule has 0 saturated heterocycles. The van der Waals surface area contributed by atoms with Crippen molar-refractivity contribution in [1.29, 1.82) is 0 Å². The molecule has 0 aliphatic heterocycles. The lowest BCUT2D eigenvalue weighted by molar-refractivity contribution is -0.142. The van der Waals surface area contributed by atoms with Gasteiger partial charge in [-0.05, 0) is 19.1 Å². The largest absolute Gasteiger partial charge is 0.466 e. The minimum Gasteiger partial charge on any atom is -0.466 e. The summed E-state index contributed by atoms with van der Waals surface area (Å²) in [6.45, 7) is 2.11. The summed E-state index contributed by atoms with van der Waals surface area (Å²) in [5.41, 5.74) is 6.54. The van der Waals surface area contributed by atoms with Gasteiger partial charge in [0.25, 0.3) is 0 Å². The number of carbonyl (C=O) groups excluding carboxylic acids is 1. The number of nitrogens with two attached hydrogens (primary N) is 1. The first-order chi connectivity index (χ1) is 8.20. The number of rotatable bonds is 3. The smallest absolute Gasteiger partial charge is 0.313 e. The first-order valence-corrected chi connectivity index (χ1v) is 5.37. The lowest BCUT2D eigenvalue weighted by Crippen LogP contribution is -2.11. The molecule has 1 aromatic heterocycles. The van der Waals surface area contributed by atoms with Crippen molar-refractivity contribution in [1.82, 2.24) is 9.97 Å². The second-order valence-corrected chi connectivity index (χ2v) is 3.52. The zero-order valence-electron chi connectivity index (χ0n) is 9.51. The maximum absolute atomic E-state index is 11.3. The molecule has 2 aromatic rings. The summed E-state index contributed by atoms with van der Waals surface area (Å²) in [5.74, 6) is 0.428. The van der Waals surface area contributed by atoms with Crippen LogP contribution in [0.15, 0.2) is 24.3 Å². The number of hydrogen-bond donors (Lipinski definition) is 1. The van der Waals surface area contributed by atoms with Gasteiger partial charge in [-0.3, -0.25) is 4.79 Å². The van der Waals surface area contributed by atoms with Crippen molar-refractivity contribution in [2.45, 2.75) is 13.3 Å². The van der Waals surface area contributed by atoms with E-state index in [1.165, 1.54) is 0 Å². The molecule has 2 rings (SSSR count). The van der Waals surface area contributed by atoms with E-state index in [4.69, 9.17) is 10.5 Å². The second-order valence-electron chi connectivity index (χ2n) is 3.52. The minimum atomic E-state index is -0.345. The van der Waals surface area contributed by atoms with Crippen LogP contribution in [0.4, 0.5) is 5.82 Å². The number of benzene rings is 1. The van der Waals surface area contributed by atoms with Crippen LogP contribution >= 0.6 is 0 Å². The fourth-order valence-electron chi connectivity index (χ4n) is 1.57. The van der Waals surface area contributed by atoms with E-state index in [1.807, 2.05) is 24.3 Å². The van der Waals surface area contributed by atoms with Gasteiger partial charge in [-0.1, -0.05) is 12.1 Å². The molecule has 5 heteroatoms. The Labute approximate surface area is 98.6 Å². The molecule has 0 spiro atoms. The van der Waals surface area contributed by atoms with Crippen LogP contribution in [0.1, 0.15) is 12.7 Å². The van der Waals surface area contributed by atoms with E-state index in [0.717, 1.165) is 10.9 Å². The van der Waals surface area contributed by atoms with E-state index < -0.39 is 0 Å². The van der Waals surface area contributed by atoms with Crippen LogP contribution in [0.2, 0.25) is 0 Å². The monoisotopic (exact) mass is 231 g/mol. The van der Waals surface area contributed by atoms with Gasteiger partial charge < -0.3 is 10.5 Å². The molecule has 5 nitrogen and oxygen atoms in total. The molecule has 17 heavy (non-hydrogen) atoms. The molecular formula is C12H13N3O2. The lowest BCUT2D eigenvalue weighted by atomic mass is 10.2. The van der Waals surface area contributed by atoms with Crippen LogP contribution in [-0.2, 0) is 16.0 Å². The molecule has 0 aliphatic rings. The molecule has 1 heterocycles. The highest BCUT2D eigenvalue weighted by atomic mass is 16.5. The Morgan fingerprint density at radius 2 is 2.12 bits per heavy atom. The SMILES string of the molecule is CCOC(=O)Cc1nc(N)c2ccccc2n1. The third-order valence-corrected chi connectivity index (χ3v) is 2.29. The fourth-order valence-corrected chi connectivity index (χ4v) is 1.57. The molecule has 0 bridgehead atoms. The van der Waals surface area contributed by atoms with Gasteiger partial charge in [0.15, 0.2) is 0 Å². The van der Waals surface area contributed by atoms with Crippen molar-refractivity contribution >= 4 is 22.7 Å². The first-order valence-electron chi connectivity index (χ1n) is 5.37. The summed E-state index contributed by atoms with van der Waals surface area (Å²) in [5, 5.41) is 0.792. The summed E-state index contributed by atoms with van der Waals surface area (Å²) in [6, 6.07) is 7.41. The summed E-state index contributed by atoms with van der Waals surface area (Å²) in [6.07, 6.45) is 0.0445. The molecular weight excluding hydrogens is 218 g/mol. The minimum absolute atomic E-state index is 0.0445. The van der Waals surface area contributed by atoms with Gasteiger partial charge in [0, 0.05) is 5.39 Å². The number of ether oxygens (including phenoxy) is 1. The van der Waals surface area contributed by atoms with Gasteiger partial charge >= 0.3 is 5.97 Å². The number of carbonyl (C=O) groups is 1. The molecule has 1 aromatic carbocycles. The van der Waals surface area contributed by atoms with E-state index in [0.29, 0.717) is 18.2 Å². The van der Waals surface area contributed by atoms with Crippen LogP contribution in [0, 0.1) is 0 Å². The van der Waals surface area contributed by atoms with E-state index >= 15 is 0 Å². The zero-order valence-corrected chi connectivity index (χ0v) is 9.51. The average Bonchev–Trinajstić information content (AvgIpc) is 2.29. The molecule has 88 valence electrons. The summed E-state index contributed by atoms with van der Waals surface area (Å²) < 4.78 is 4.84. The predicted octanol–water partition coefficient (Wildman–Crippen LogP) is 1.32.